The Morgan fingerprint density at radius 2 is 1.93 bits per heavy atom. The highest BCUT2D eigenvalue weighted by Crippen LogP contribution is 2.28. The van der Waals surface area contributed by atoms with Gasteiger partial charge in [-0.15, -0.1) is 0 Å². The summed E-state index contributed by atoms with van der Waals surface area (Å²) in [6.07, 6.45) is 0.989. The molecule has 7 heteroatoms. The van der Waals surface area contributed by atoms with Crippen molar-refractivity contribution in [3.63, 3.8) is 0 Å². The highest BCUT2D eigenvalue weighted by molar-refractivity contribution is 9.10. The summed E-state index contributed by atoms with van der Waals surface area (Å²) in [6, 6.07) is 16.2. The van der Waals surface area contributed by atoms with Crippen molar-refractivity contribution >= 4 is 22.0 Å². The molecular weight excluding hydrogens is 446 g/mol. The van der Waals surface area contributed by atoms with Gasteiger partial charge in [0.05, 0.1) is 30.3 Å². The Hall–Kier alpha value is -2.09. The van der Waals surface area contributed by atoms with Crippen LogP contribution in [0, 0.1) is 0 Å². The van der Waals surface area contributed by atoms with Gasteiger partial charge in [-0.25, -0.2) is 4.79 Å². The van der Waals surface area contributed by atoms with Gasteiger partial charge in [-0.05, 0) is 45.6 Å². The van der Waals surface area contributed by atoms with Gasteiger partial charge in [-0.2, -0.15) is 0 Å². The number of halogens is 1. The van der Waals surface area contributed by atoms with E-state index in [0.29, 0.717) is 19.7 Å². The summed E-state index contributed by atoms with van der Waals surface area (Å²) in [5.41, 5.74) is 2.21. The predicted molar refractivity (Wildman–Crippen MR) is 120 cm³/mol. The maximum absolute atomic E-state index is 12.4. The highest BCUT2D eigenvalue weighted by Gasteiger charge is 2.29. The number of ether oxygens (including phenoxy) is 2. The Labute approximate surface area is 186 Å². The summed E-state index contributed by atoms with van der Waals surface area (Å²) in [6.45, 7) is 6.63. The molecule has 2 aromatic rings. The molecule has 0 unspecified atom stereocenters. The smallest absolute Gasteiger partial charge is 0.318 e. The first kappa shape index (κ1) is 21.2. The number of nitrogens with one attached hydrogen (secondary N) is 1. The minimum atomic E-state index is -0.0246. The van der Waals surface area contributed by atoms with Crippen molar-refractivity contribution in [2.75, 3.05) is 46.0 Å². The van der Waals surface area contributed by atoms with Gasteiger partial charge >= 0.3 is 6.03 Å². The molecule has 6 nitrogen and oxygen atoms in total. The van der Waals surface area contributed by atoms with Crippen LogP contribution in [0.1, 0.15) is 23.6 Å². The summed E-state index contributed by atoms with van der Waals surface area (Å²) in [7, 11) is 0. The fourth-order valence-electron chi connectivity index (χ4n) is 3.87. The summed E-state index contributed by atoms with van der Waals surface area (Å²) < 4.78 is 12.3. The molecule has 0 radical (unpaired) electrons. The number of hydrogen-bond acceptors (Lipinski definition) is 4. The quantitative estimate of drug-likeness (QED) is 0.592. The molecule has 2 amide bonds. The third-order valence-corrected chi connectivity index (χ3v) is 6.16. The van der Waals surface area contributed by atoms with E-state index in [9.17, 15) is 4.79 Å². The maximum Gasteiger partial charge on any atom is 0.318 e. The molecule has 0 aromatic heterocycles. The fraction of sp³-hybridized carbons (Fsp3) is 0.435. The monoisotopic (exact) mass is 473 g/mol. The average molecular weight is 474 g/mol. The van der Waals surface area contributed by atoms with Crippen LogP contribution in [0.4, 0.5) is 4.79 Å². The van der Waals surface area contributed by atoms with Crippen molar-refractivity contribution < 1.29 is 14.3 Å². The molecule has 0 saturated carbocycles. The molecule has 0 spiro atoms. The van der Waals surface area contributed by atoms with Crippen LogP contribution in [-0.4, -0.2) is 61.8 Å². The van der Waals surface area contributed by atoms with E-state index in [-0.39, 0.29) is 12.1 Å². The van der Waals surface area contributed by atoms with E-state index in [1.165, 1.54) is 0 Å². The minimum absolute atomic E-state index is 0.0246. The molecule has 2 aliphatic rings. The Bertz CT molecular complexity index is 843. The third kappa shape index (κ3) is 5.53. The number of morpholine rings is 1. The Kier molecular flexibility index (Phi) is 7.25. The standard InChI is InChI=1S/C23H28BrN3O3/c24-20-15-18(7-8-22(20)30-12-4-9-26-10-13-29-14-11-26)16-27-17-21(25-23(27)28)19-5-2-1-3-6-19/h1-3,5-8,15,21H,4,9-14,16-17H2,(H,25,28)/t21-/m1/s1. The van der Waals surface area contributed by atoms with Crippen LogP contribution in [-0.2, 0) is 11.3 Å². The zero-order valence-corrected chi connectivity index (χ0v) is 18.6. The van der Waals surface area contributed by atoms with Gasteiger partial charge in [0, 0.05) is 32.7 Å². The van der Waals surface area contributed by atoms with Crippen LogP contribution in [0.2, 0.25) is 0 Å². The lowest BCUT2D eigenvalue weighted by molar-refractivity contribution is 0.0358. The topological polar surface area (TPSA) is 54.0 Å². The third-order valence-electron chi connectivity index (χ3n) is 5.54. The molecule has 0 bridgehead atoms. The van der Waals surface area contributed by atoms with Gasteiger partial charge in [0.1, 0.15) is 5.75 Å². The molecule has 1 N–H and O–H groups in total. The molecule has 1 atom stereocenters. The van der Waals surface area contributed by atoms with Crippen LogP contribution >= 0.6 is 15.9 Å². The Morgan fingerprint density at radius 1 is 1.13 bits per heavy atom. The zero-order valence-electron chi connectivity index (χ0n) is 17.1. The van der Waals surface area contributed by atoms with Crippen molar-refractivity contribution in [1.82, 2.24) is 15.1 Å². The molecule has 2 heterocycles. The second-order valence-electron chi connectivity index (χ2n) is 7.71. The largest absolute Gasteiger partial charge is 0.492 e. The van der Waals surface area contributed by atoms with Crippen molar-refractivity contribution in [2.45, 2.75) is 19.0 Å². The summed E-state index contributed by atoms with van der Waals surface area (Å²) in [5.74, 6) is 0.841. The number of amides is 2. The van der Waals surface area contributed by atoms with Crippen molar-refractivity contribution in [1.29, 1.82) is 0 Å². The SMILES string of the molecule is O=C1N[C@@H](c2ccccc2)CN1Cc1ccc(OCCCN2CCOCC2)c(Br)c1. The van der Waals surface area contributed by atoms with E-state index in [2.05, 4.69) is 38.3 Å². The van der Waals surface area contributed by atoms with Crippen LogP contribution in [0.5, 0.6) is 5.75 Å². The van der Waals surface area contributed by atoms with E-state index in [0.717, 1.165) is 60.6 Å². The van der Waals surface area contributed by atoms with Gasteiger partial charge < -0.3 is 19.7 Å². The van der Waals surface area contributed by atoms with Gasteiger partial charge in [-0.3, -0.25) is 4.90 Å². The molecule has 2 aliphatic heterocycles. The number of urea groups is 1. The molecule has 2 aromatic carbocycles. The molecule has 0 aliphatic carbocycles. The van der Waals surface area contributed by atoms with Gasteiger partial charge in [0.15, 0.2) is 0 Å². The average Bonchev–Trinajstić information content (AvgIpc) is 3.14. The van der Waals surface area contributed by atoms with Crippen molar-refractivity contribution in [2.24, 2.45) is 0 Å². The normalized spacial score (nSPS) is 19.7. The second kappa shape index (κ2) is 10.3. The van der Waals surface area contributed by atoms with E-state index in [4.69, 9.17) is 9.47 Å². The lowest BCUT2D eigenvalue weighted by atomic mass is 10.1. The first-order valence-corrected chi connectivity index (χ1v) is 11.3. The first-order chi connectivity index (χ1) is 14.7. The van der Waals surface area contributed by atoms with Gasteiger partial charge in [0.2, 0.25) is 0 Å². The maximum atomic E-state index is 12.4. The number of nitrogens with zero attached hydrogens (tertiary/aromatic N) is 2. The van der Waals surface area contributed by atoms with E-state index < -0.39 is 0 Å². The molecule has 2 fully saturated rings. The second-order valence-corrected chi connectivity index (χ2v) is 8.57. The Balaban J connectivity index is 1.26. The highest BCUT2D eigenvalue weighted by atomic mass is 79.9. The lowest BCUT2D eigenvalue weighted by Crippen LogP contribution is -2.37. The first-order valence-electron chi connectivity index (χ1n) is 10.5. The molecule has 4 rings (SSSR count). The van der Waals surface area contributed by atoms with Crippen LogP contribution in [0.3, 0.4) is 0 Å². The van der Waals surface area contributed by atoms with Crippen LogP contribution in [0.15, 0.2) is 53.0 Å². The number of carbonyl (C=O) groups excluding carboxylic acids is 1. The van der Waals surface area contributed by atoms with E-state index in [1.54, 1.807) is 0 Å². The van der Waals surface area contributed by atoms with Crippen LogP contribution < -0.4 is 10.1 Å². The Morgan fingerprint density at radius 3 is 2.70 bits per heavy atom. The summed E-state index contributed by atoms with van der Waals surface area (Å²) in [4.78, 5) is 16.6. The minimum Gasteiger partial charge on any atom is -0.492 e. The van der Waals surface area contributed by atoms with Gasteiger partial charge in [0.25, 0.3) is 0 Å². The lowest BCUT2D eigenvalue weighted by Gasteiger charge is -2.26. The zero-order chi connectivity index (χ0) is 20.8. The number of hydrogen-bond donors (Lipinski definition) is 1. The number of benzene rings is 2. The van der Waals surface area contributed by atoms with E-state index in [1.807, 2.05) is 41.3 Å². The molecule has 30 heavy (non-hydrogen) atoms. The summed E-state index contributed by atoms with van der Waals surface area (Å²) in [5, 5.41) is 3.07. The fourth-order valence-corrected chi connectivity index (χ4v) is 4.42. The molecule has 2 saturated heterocycles. The van der Waals surface area contributed by atoms with Crippen molar-refractivity contribution in [3.05, 3.63) is 64.1 Å². The summed E-state index contributed by atoms with van der Waals surface area (Å²) >= 11 is 3.62. The van der Waals surface area contributed by atoms with Crippen molar-refractivity contribution in [3.8, 4) is 5.75 Å². The molecular formula is C23H28BrN3O3. The van der Waals surface area contributed by atoms with Crippen LogP contribution in [0.25, 0.3) is 0 Å². The molecule has 160 valence electrons. The number of carbonyl (C=O) groups is 1. The van der Waals surface area contributed by atoms with E-state index >= 15 is 0 Å². The predicted octanol–water partition coefficient (Wildman–Crippen LogP) is 3.82. The number of rotatable bonds is 8. The van der Waals surface area contributed by atoms with Gasteiger partial charge in [-0.1, -0.05) is 36.4 Å².